The van der Waals surface area contributed by atoms with E-state index in [0.29, 0.717) is 10.7 Å². The molecule has 0 radical (unpaired) electrons. The summed E-state index contributed by atoms with van der Waals surface area (Å²) in [5.74, 6) is -3.16. The van der Waals surface area contributed by atoms with Crippen LogP contribution in [0.3, 0.4) is 0 Å². The maximum Gasteiger partial charge on any atom is 0.453 e. The van der Waals surface area contributed by atoms with E-state index in [9.17, 15) is 22.8 Å². The number of carbonyl (C=O) groups is 2. The van der Waals surface area contributed by atoms with Crippen molar-refractivity contribution in [2.75, 3.05) is 10.6 Å². The number of fused-ring (bicyclic) bond motifs is 1. The van der Waals surface area contributed by atoms with E-state index in [4.69, 9.17) is 11.6 Å². The molecule has 3 rings (SSSR count). The van der Waals surface area contributed by atoms with Gasteiger partial charge in [-0.3, -0.25) is 14.9 Å². The SMILES string of the molecule is O=C1C[C@@H](C(=O)Nc2ccc(Cl)cc2)n2nc(C(F)(F)F)nc2N1. The van der Waals surface area contributed by atoms with Crippen LogP contribution in [0.25, 0.3) is 0 Å². The van der Waals surface area contributed by atoms with Crippen molar-refractivity contribution in [3.63, 3.8) is 0 Å². The monoisotopic (exact) mass is 359 g/mol. The van der Waals surface area contributed by atoms with Gasteiger partial charge in [0.15, 0.2) is 0 Å². The Labute approximate surface area is 137 Å². The fraction of sp³-hybridized carbons (Fsp3) is 0.231. The highest BCUT2D eigenvalue weighted by molar-refractivity contribution is 6.30. The predicted octanol–water partition coefficient (Wildman–Crippen LogP) is 2.47. The summed E-state index contributed by atoms with van der Waals surface area (Å²) < 4.78 is 38.9. The molecule has 2 heterocycles. The standard InChI is InChI=1S/C13H9ClF3N5O2/c14-6-1-3-7(4-2-6)18-10(24)8-5-9(23)19-12-20-11(13(15,16)17)21-22(8)12/h1-4,8H,5H2,(H,18,24)(H,19,20,21,23)/t8-/m0/s1. The molecule has 1 aromatic heterocycles. The number of benzene rings is 1. The molecular formula is C13H9ClF3N5O2. The van der Waals surface area contributed by atoms with Crippen LogP contribution in [-0.2, 0) is 15.8 Å². The van der Waals surface area contributed by atoms with Crippen LogP contribution in [0.4, 0.5) is 24.8 Å². The van der Waals surface area contributed by atoms with Gasteiger partial charge in [0.25, 0.3) is 5.82 Å². The quantitative estimate of drug-likeness (QED) is 0.862. The Hall–Kier alpha value is -2.62. The van der Waals surface area contributed by atoms with E-state index >= 15 is 0 Å². The van der Waals surface area contributed by atoms with Crippen LogP contribution in [0.2, 0.25) is 5.02 Å². The predicted molar refractivity (Wildman–Crippen MR) is 77.4 cm³/mol. The summed E-state index contributed by atoms with van der Waals surface area (Å²) in [7, 11) is 0. The van der Waals surface area contributed by atoms with Gasteiger partial charge in [0.2, 0.25) is 17.8 Å². The van der Waals surface area contributed by atoms with Crippen molar-refractivity contribution in [2.45, 2.75) is 18.6 Å². The number of nitrogens with one attached hydrogen (secondary N) is 2. The third kappa shape index (κ3) is 3.18. The smallest absolute Gasteiger partial charge is 0.324 e. The highest BCUT2D eigenvalue weighted by Crippen LogP contribution is 2.31. The Kier molecular flexibility index (Phi) is 3.91. The summed E-state index contributed by atoms with van der Waals surface area (Å²) in [4.78, 5) is 27.2. The number of anilines is 2. The van der Waals surface area contributed by atoms with E-state index in [0.717, 1.165) is 4.68 Å². The van der Waals surface area contributed by atoms with Crippen molar-refractivity contribution in [3.8, 4) is 0 Å². The zero-order chi connectivity index (χ0) is 17.5. The largest absolute Gasteiger partial charge is 0.453 e. The van der Waals surface area contributed by atoms with Gasteiger partial charge in [-0.15, -0.1) is 5.10 Å². The lowest BCUT2D eigenvalue weighted by atomic mass is 10.1. The Bertz CT molecular complexity index is 803. The molecule has 0 saturated carbocycles. The fourth-order valence-corrected chi connectivity index (χ4v) is 2.27. The Balaban J connectivity index is 1.88. The van der Waals surface area contributed by atoms with Gasteiger partial charge in [-0.25, -0.2) is 4.68 Å². The maximum absolute atomic E-state index is 12.7. The molecule has 0 saturated heterocycles. The van der Waals surface area contributed by atoms with Crippen molar-refractivity contribution < 1.29 is 22.8 Å². The first kappa shape index (κ1) is 16.2. The topological polar surface area (TPSA) is 88.9 Å². The number of hydrogen-bond donors (Lipinski definition) is 2. The van der Waals surface area contributed by atoms with Crippen molar-refractivity contribution in [3.05, 3.63) is 35.1 Å². The molecule has 1 atom stereocenters. The molecule has 1 aromatic carbocycles. The molecule has 0 unspecified atom stereocenters. The summed E-state index contributed by atoms with van der Waals surface area (Å²) in [5, 5.41) is 8.42. The van der Waals surface area contributed by atoms with Gasteiger partial charge in [0, 0.05) is 10.7 Å². The molecule has 2 N–H and O–H groups in total. The number of hydrogen-bond acceptors (Lipinski definition) is 4. The summed E-state index contributed by atoms with van der Waals surface area (Å²) in [6.07, 6.45) is -5.14. The number of amides is 2. The summed E-state index contributed by atoms with van der Waals surface area (Å²) in [6, 6.07) is 4.87. The summed E-state index contributed by atoms with van der Waals surface area (Å²) in [6.45, 7) is 0. The second-order valence-corrected chi connectivity index (χ2v) is 5.40. The molecule has 0 fully saturated rings. The first-order chi connectivity index (χ1) is 11.2. The van der Waals surface area contributed by atoms with Gasteiger partial charge in [0.05, 0.1) is 6.42 Å². The number of nitrogens with zero attached hydrogens (tertiary/aromatic N) is 3. The van der Waals surface area contributed by atoms with Crippen LogP contribution in [0.1, 0.15) is 18.3 Å². The average molecular weight is 360 g/mol. The summed E-state index contributed by atoms with van der Waals surface area (Å²) >= 11 is 5.73. The molecule has 126 valence electrons. The molecule has 11 heteroatoms. The normalized spacial score (nSPS) is 17.2. The van der Waals surface area contributed by atoms with Gasteiger partial charge in [-0.1, -0.05) is 11.6 Å². The van der Waals surface area contributed by atoms with Crippen LogP contribution >= 0.6 is 11.6 Å². The van der Waals surface area contributed by atoms with Crippen molar-refractivity contribution in [1.29, 1.82) is 0 Å². The Morgan fingerprint density at radius 3 is 2.62 bits per heavy atom. The molecular weight excluding hydrogens is 351 g/mol. The molecule has 2 amide bonds. The minimum Gasteiger partial charge on any atom is -0.324 e. The highest BCUT2D eigenvalue weighted by atomic mass is 35.5. The van der Waals surface area contributed by atoms with E-state index < -0.39 is 35.8 Å². The first-order valence-corrected chi connectivity index (χ1v) is 7.02. The molecule has 1 aliphatic rings. The Morgan fingerprint density at radius 1 is 1.33 bits per heavy atom. The third-order valence-corrected chi connectivity index (χ3v) is 3.48. The summed E-state index contributed by atoms with van der Waals surface area (Å²) in [5.41, 5.74) is 0.382. The van der Waals surface area contributed by atoms with E-state index in [-0.39, 0.29) is 6.42 Å². The molecule has 1 aliphatic heterocycles. The van der Waals surface area contributed by atoms with Gasteiger partial charge in [0.1, 0.15) is 6.04 Å². The van der Waals surface area contributed by atoms with Crippen LogP contribution in [0.5, 0.6) is 0 Å². The molecule has 2 aromatic rings. The van der Waals surface area contributed by atoms with E-state index in [1.54, 1.807) is 0 Å². The van der Waals surface area contributed by atoms with Gasteiger partial charge in [-0.2, -0.15) is 18.2 Å². The second-order valence-electron chi connectivity index (χ2n) is 4.97. The van der Waals surface area contributed by atoms with Crippen LogP contribution in [0, 0.1) is 0 Å². The number of rotatable bonds is 2. The van der Waals surface area contributed by atoms with Gasteiger partial charge < -0.3 is 5.32 Å². The fourth-order valence-electron chi connectivity index (χ4n) is 2.15. The number of aromatic nitrogens is 3. The highest BCUT2D eigenvalue weighted by Gasteiger charge is 2.41. The lowest BCUT2D eigenvalue weighted by Gasteiger charge is -2.22. The van der Waals surface area contributed by atoms with Crippen LogP contribution in [-0.4, -0.2) is 26.6 Å². The molecule has 0 aliphatic carbocycles. The minimum atomic E-state index is -4.79. The second kappa shape index (κ2) is 5.78. The first-order valence-electron chi connectivity index (χ1n) is 6.64. The number of carbonyl (C=O) groups excluding carboxylic acids is 2. The maximum atomic E-state index is 12.7. The van der Waals surface area contributed by atoms with Gasteiger partial charge >= 0.3 is 6.18 Å². The lowest BCUT2D eigenvalue weighted by molar-refractivity contribution is -0.145. The van der Waals surface area contributed by atoms with E-state index in [1.807, 2.05) is 0 Å². The Morgan fingerprint density at radius 2 is 2.00 bits per heavy atom. The third-order valence-electron chi connectivity index (χ3n) is 3.22. The van der Waals surface area contributed by atoms with Crippen molar-refractivity contribution in [1.82, 2.24) is 14.8 Å². The lowest BCUT2D eigenvalue weighted by Crippen LogP contribution is -2.36. The molecule has 7 nitrogen and oxygen atoms in total. The van der Waals surface area contributed by atoms with E-state index in [1.165, 1.54) is 24.3 Å². The van der Waals surface area contributed by atoms with Crippen molar-refractivity contribution in [2.24, 2.45) is 0 Å². The molecule has 24 heavy (non-hydrogen) atoms. The zero-order valence-electron chi connectivity index (χ0n) is 11.8. The molecule has 0 bridgehead atoms. The van der Waals surface area contributed by atoms with E-state index in [2.05, 4.69) is 20.7 Å². The number of alkyl halides is 3. The van der Waals surface area contributed by atoms with Crippen LogP contribution in [0.15, 0.2) is 24.3 Å². The average Bonchev–Trinajstić information content (AvgIpc) is 2.92. The van der Waals surface area contributed by atoms with Gasteiger partial charge in [-0.05, 0) is 24.3 Å². The van der Waals surface area contributed by atoms with Crippen LogP contribution < -0.4 is 10.6 Å². The number of halogens is 4. The zero-order valence-corrected chi connectivity index (χ0v) is 12.5. The minimum absolute atomic E-state index is 0.354. The van der Waals surface area contributed by atoms with Crippen molar-refractivity contribution >= 4 is 35.1 Å². The molecule has 0 spiro atoms.